The molecule has 4 heteroatoms. The molecule has 0 spiro atoms. The minimum absolute atomic E-state index is 0.0836. The summed E-state index contributed by atoms with van der Waals surface area (Å²) in [7, 11) is 1.60. The minimum atomic E-state index is -0.193. The summed E-state index contributed by atoms with van der Waals surface area (Å²) >= 11 is 0. The Labute approximate surface area is 113 Å². The van der Waals surface area contributed by atoms with Crippen molar-refractivity contribution in [2.75, 3.05) is 13.7 Å². The predicted octanol–water partition coefficient (Wildman–Crippen LogP) is 1.89. The molecule has 1 aliphatic carbocycles. The van der Waals surface area contributed by atoms with Crippen LogP contribution in [-0.4, -0.2) is 30.8 Å². The number of amides is 1. The van der Waals surface area contributed by atoms with E-state index in [4.69, 9.17) is 4.74 Å². The van der Waals surface area contributed by atoms with Crippen molar-refractivity contribution in [2.45, 2.75) is 32.3 Å². The Bertz CT molecular complexity index is 459. The van der Waals surface area contributed by atoms with Crippen LogP contribution < -0.4 is 10.1 Å². The van der Waals surface area contributed by atoms with E-state index < -0.39 is 0 Å². The van der Waals surface area contributed by atoms with E-state index >= 15 is 0 Å². The second-order valence-electron chi connectivity index (χ2n) is 5.23. The topological polar surface area (TPSA) is 58.6 Å². The van der Waals surface area contributed by atoms with Gasteiger partial charge in [0.2, 0.25) is 0 Å². The number of hydrogen-bond donors (Lipinski definition) is 2. The van der Waals surface area contributed by atoms with Gasteiger partial charge in [-0.05, 0) is 49.8 Å². The van der Waals surface area contributed by atoms with Gasteiger partial charge in [0, 0.05) is 12.1 Å². The fourth-order valence-corrected chi connectivity index (χ4v) is 2.53. The molecule has 1 amide bonds. The van der Waals surface area contributed by atoms with Crippen LogP contribution in [-0.2, 0) is 0 Å². The summed E-state index contributed by atoms with van der Waals surface area (Å²) in [5, 5.41) is 12.4. The maximum atomic E-state index is 12.0. The van der Waals surface area contributed by atoms with Crippen molar-refractivity contribution in [3.8, 4) is 5.75 Å². The molecule has 2 unspecified atom stereocenters. The van der Waals surface area contributed by atoms with Crippen LogP contribution in [0.3, 0.4) is 0 Å². The Morgan fingerprint density at radius 2 is 2.26 bits per heavy atom. The van der Waals surface area contributed by atoms with E-state index in [0.29, 0.717) is 18.0 Å². The van der Waals surface area contributed by atoms with Crippen LogP contribution in [0.4, 0.5) is 0 Å². The van der Waals surface area contributed by atoms with E-state index in [9.17, 15) is 9.90 Å². The number of aliphatic hydroxyl groups excluding tert-OH is 1. The van der Waals surface area contributed by atoms with Crippen LogP contribution >= 0.6 is 0 Å². The molecule has 0 aromatic heterocycles. The van der Waals surface area contributed by atoms with Gasteiger partial charge in [-0.1, -0.05) is 6.07 Å². The van der Waals surface area contributed by atoms with E-state index in [1.807, 2.05) is 13.0 Å². The van der Waals surface area contributed by atoms with E-state index in [1.54, 1.807) is 19.2 Å². The van der Waals surface area contributed by atoms with Gasteiger partial charge in [0.05, 0.1) is 13.2 Å². The number of carbonyl (C=O) groups excluding carboxylic acids is 1. The molecule has 1 aromatic carbocycles. The van der Waals surface area contributed by atoms with Crippen LogP contribution in [0.25, 0.3) is 0 Å². The molecule has 104 valence electrons. The summed E-state index contributed by atoms with van der Waals surface area (Å²) in [6.45, 7) is 2.58. The maximum absolute atomic E-state index is 12.0. The Balaban J connectivity index is 1.92. The molecule has 1 aromatic rings. The van der Waals surface area contributed by atoms with Crippen LogP contribution in [0.5, 0.6) is 5.75 Å². The van der Waals surface area contributed by atoms with Gasteiger partial charge in [-0.15, -0.1) is 0 Å². The van der Waals surface area contributed by atoms with Crippen LogP contribution in [0, 0.1) is 12.8 Å². The maximum Gasteiger partial charge on any atom is 0.251 e. The summed E-state index contributed by atoms with van der Waals surface area (Å²) in [5.74, 6) is 1.04. The lowest BCUT2D eigenvalue weighted by Gasteiger charge is -2.12. The number of hydrogen-bond acceptors (Lipinski definition) is 3. The Morgan fingerprint density at radius 1 is 1.47 bits per heavy atom. The zero-order valence-corrected chi connectivity index (χ0v) is 11.5. The van der Waals surface area contributed by atoms with Gasteiger partial charge < -0.3 is 15.2 Å². The van der Waals surface area contributed by atoms with Crippen molar-refractivity contribution in [3.63, 3.8) is 0 Å². The summed E-state index contributed by atoms with van der Waals surface area (Å²) in [5.41, 5.74) is 1.62. The zero-order valence-electron chi connectivity index (χ0n) is 11.5. The highest BCUT2D eigenvalue weighted by Crippen LogP contribution is 2.24. The van der Waals surface area contributed by atoms with Crippen molar-refractivity contribution in [2.24, 2.45) is 5.92 Å². The smallest absolute Gasteiger partial charge is 0.251 e. The normalized spacial score (nSPS) is 22.3. The predicted molar refractivity (Wildman–Crippen MR) is 73.4 cm³/mol. The van der Waals surface area contributed by atoms with Gasteiger partial charge in [0.25, 0.3) is 5.91 Å². The number of carbonyl (C=O) groups is 1. The van der Waals surface area contributed by atoms with E-state index in [0.717, 1.165) is 30.6 Å². The lowest BCUT2D eigenvalue weighted by atomic mass is 10.1. The van der Waals surface area contributed by atoms with Crippen molar-refractivity contribution in [3.05, 3.63) is 29.3 Å². The van der Waals surface area contributed by atoms with Crippen LogP contribution in [0.15, 0.2) is 18.2 Å². The first-order valence-electron chi connectivity index (χ1n) is 6.71. The fourth-order valence-electron chi connectivity index (χ4n) is 2.53. The monoisotopic (exact) mass is 263 g/mol. The SMILES string of the molecule is COc1cc(C(=O)NCC2CCC(O)C2)ccc1C. The number of rotatable bonds is 4. The second-order valence-corrected chi connectivity index (χ2v) is 5.23. The number of aryl methyl sites for hydroxylation is 1. The molecule has 0 bridgehead atoms. The molecule has 0 radical (unpaired) electrons. The summed E-state index contributed by atoms with van der Waals surface area (Å²) in [4.78, 5) is 12.0. The summed E-state index contributed by atoms with van der Waals surface area (Å²) < 4.78 is 5.21. The highest BCUT2D eigenvalue weighted by Gasteiger charge is 2.23. The molecule has 19 heavy (non-hydrogen) atoms. The highest BCUT2D eigenvalue weighted by atomic mass is 16.5. The van der Waals surface area contributed by atoms with Crippen molar-refractivity contribution in [1.82, 2.24) is 5.32 Å². The third-order valence-electron chi connectivity index (χ3n) is 3.74. The van der Waals surface area contributed by atoms with E-state index in [-0.39, 0.29) is 12.0 Å². The first-order chi connectivity index (χ1) is 9.10. The standard InChI is InChI=1S/C15H21NO3/c1-10-3-5-12(8-14(10)19-2)15(18)16-9-11-4-6-13(17)7-11/h3,5,8,11,13,17H,4,6-7,9H2,1-2H3,(H,16,18). The minimum Gasteiger partial charge on any atom is -0.496 e. The third-order valence-corrected chi connectivity index (χ3v) is 3.74. The molecule has 2 N–H and O–H groups in total. The average Bonchev–Trinajstić information content (AvgIpc) is 2.82. The molecule has 2 rings (SSSR count). The molecule has 1 fully saturated rings. The highest BCUT2D eigenvalue weighted by molar-refractivity contribution is 5.94. The number of aliphatic hydroxyl groups is 1. The lowest BCUT2D eigenvalue weighted by molar-refractivity contribution is 0.0944. The molecule has 0 aliphatic heterocycles. The Morgan fingerprint density at radius 3 is 2.89 bits per heavy atom. The molecule has 0 heterocycles. The second kappa shape index (κ2) is 6.06. The molecule has 2 atom stereocenters. The molecule has 0 saturated heterocycles. The van der Waals surface area contributed by atoms with Crippen LogP contribution in [0.1, 0.15) is 35.2 Å². The molecule has 1 saturated carbocycles. The first kappa shape index (κ1) is 13.9. The summed E-state index contributed by atoms with van der Waals surface area (Å²) in [6, 6.07) is 5.44. The first-order valence-corrected chi connectivity index (χ1v) is 6.71. The van der Waals surface area contributed by atoms with Gasteiger partial charge >= 0.3 is 0 Å². The molecule has 1 aliphatic rings. The number of ether oxygens (including phenoxy) is 1. The molecular weight excluding hydrogens is 242 g/mol. The van der Waals surface area contributed by atoms with E-state index in [1.165, 1.54) is 0 Å². The van der Waals surface area contributed by atoms with Crippen molar-refractivity contribution in [1.29, 1.82) is 0 Å². The third kappa shape index (κ3) is 3.47. The van der Waals surface area contributed by atoms with Gasteiger partial charge in [-0.3, -0.25) is 4.79 Å². The quantitative estimate of drug-likeness (QED) is 0.872. The largest absolute Gasteiger partial charge is 0.496 e. The average molecular weight is 263 g/mol. The Kier molecular flexibility index (Phi) is 4.43. The summed E-state index contributed by atoms with van der Waals surface area (Å²) in [6.07, 6.45) is 2.43. The van der Waals surface area contributed by atoms with Gasteiger partial charge in [0.15, 0.2) is 0 Å². The number of nitrogens with one attached hydrogen (secondary N) is 1. The molecular formula is C15H21NO3. The van der Waals surface area contributed by atoms with Gasteiger partial charge in [0.1, 0.15) is 5.75 Å². The zero-order chi connectivity index (χ0) is 13.8. The number of methoxy groups -OCH3 is 1. The van der Waals surface area contributed by atoms with Crippen molar-refractivity contribution < 1.29 is 14.6 Å². The van der Waals surface area contributed by atoms with Crippen LogP contribution in [0.2, 0.25) is 0 Å². The fraction of sp³-hybridized carbons (Fsp3) is 0.533. The lowest BCUT2D eigenvalue weighted by Crippen LogP contribution is -2.28. The van der Waals surface area contributed by atoms with Gasteiger partial charge in [-0.25, -0.2) is 0 Å². The van der Waals surface area contributed by atoms with Crippen molar-refractivity contribution >= 4 is 5.91 Å². The van der Waals surface area contributed by atoms with Gasteiger partial charge in [-0.2, -0.15) is 0 Å². The molecule has 4 nitrogen and oxygen atoms in total. The Hall–Kier alpha value is -1.55. The van der Waals surface area contributed by atoms with E-state index in [2.05, 4.69) is 5.32 Å². The number of benzene rings is 1.